The Kier molecular flexibility index (Phi) is 6.73. The average molecular weight is 432 g/mol. The maximum atomic E-state index is 13.1. The molecule has 1 heterocycles. The monoisotopic (exact) mass is 432 g/mol. The summed E-state index contributed by atoms with van der Waals surface area (Å²) >= 11 is 0. The van der Waals surface area contributed by atoms with Gasteiger partial charge in [0.15, 0.2) is 0 Å². The normalized spacial score (nSPS) is 15.2. The summed E-state index contributed by atoms with van der Waals surface area (Å²) in [6, 6.07) is 9.97. The third-order valence-corrected chi connectivity index (χ3v) is 6.82. The maximum absolute atomic E-state index is 13.1. The Morgan fingerprint density at radius 2 is 1.70 bits per heavy atom. The molecule has 1 fully saturated rings. The van der Waals surface area contributed by atoms with Gasteiger partial charge in [0.1, 0.15) is 17.1 Å². The fourth-order valence-corrected chi connectivity index (χ4v) is 4.86. The average Bonchev–Trinajstić information content (AvgIpc) is 3.03. The fourth-order valence-electron chi connectivity index (χ4n) is 3.31. The number of sulfonamides is 1. The second-order valence-electron chi connectivity index (χ2n) is 6.96. The van der Waals surface area contributed by atoms with E-state index in [0.29, 0.717) is 13.1 Å². The highest BCUT2D eigenvalue weighted by atomic mass is 32.2. The summed E-state index contributed by atoms with van der Waals surface area (Å²) < 4.78 is 38.1. The van der Waals surface area contributed by atoms with E-state index in [0.717, 1.165) is 25.7 Å². The number of ether oxygens (including phenoxy) is 2. The molecule has 9 heteroatoms. The Balaban J connectivity index is 1.91. The number of hydrogen-bond donors (Lipinski definition) is 1. The van der Waals surface area contributed by atoms with Crippen LogP contribution in [0.15, 0.2) is 47.4 Å². The van der Waals surface area contributed by atoms with E-state index < -0.39 is 21.9 Å². The molecule has 0 spiro atoms. The van der Waals surface area contributed by atoms with Crippen molar-refractivity contribution in [3.05, 3.63) is 53.6 Å². The lowest BCUT2D eigenvalue weighted by atomic mass is 10.2. The van der Waals surface area contributed by atoms with Crippen molar-refractivity contribution in [3.8, 4) is 11.5 Å². The summed E-state index contributed by atoms with van der Waals surface area (Å²) in [6.07, 6.45) is 3.61. The number of esters is 1. The topological polar surface area (TPSA) is 116 Å². The van der Waals surface area contributed by atoms with E-state index in [1.165, 1.54) is 53.9 Å². The summed E-state index contributed by atoms with van der Waals surface area (Å²) in [4.78, 5) is 24.1. The van der Waals surface area contributed by atoms with Crippen LogP contribution in [0.25, 0.3) is 0 Å². The molecule has 30 heavy (non-hydrogen) atoms. The zero-order chi connectivity index (χ0) is 21.7. The predicted molar refractivity (Wildman–Crippen MR) is 110 cm³/mol. The number of carbonyl (C=O) groups excluding carboxylic acids is 2. The number of nitrogens with two attached hydrogens (primary N) is 1. The molecule has 0 radical (unpaired) electrons. The summed E-state index contributed by atoms with van der Waals surface area (Å²) in [5.41, 5.74) is 5.40. The van der Waals surface area contributed by atoms with Crippen LogP contribution in [-0.2, 0) is 10.0 Å². The SMILES string of the molecule is COc1ccc(S(=O)(=O)N2CCCCCC2)cc1C(=O)Oc1cccc(C(N)=O)c1. The predicted octanol–water partition coefficient (Wildman–Crippen LogP) is 2.58. The molecule has 1 aliphatic rings. The molecule has 1 aliphatic heterocycles. The zero-order valence-corrected chi connectivity index (χ0v) is 17.5. The molecule has 1 amide bonds. The molecule has 2 aromatic rings. The van der Waals surface area contributed by atoms with Crippen molar-refractivity contribution in [2.75, 3.05) is 20.2 Å². The Morgan fingerprint density at radius 1 is 1.00 bits per heavy atom. The highest BCUT2D eigenvalue weighted by Gasteiger charge is 2.27. The van der Waals surface area contributed by atoms with Gasteiger partial charge in [0.2, 0.25) is 15.9 Å². The number of primary amides is 1. The zero-order valence-electron chi connectivity index (χ0n) is 16.7. The first-order valence-electron chi connectivity index (χ1n) is 9.63. The Hall–Kier alpha value is -2.91. The first-order valence-corrected chi connectivity index (χ1v) is 11.1. The molecule has 0 saturated carbocycles. The molecule has 1 saturated heterocycles. The molecule has 2 aromatic carbocycles. The smallest absolute Gasteiger partial charge is 0.347 e. The van der Waals surface area contributed by atoms with Gasteiger partial charge in [-0.1, -0.05) is 18.9 Å². The van der Waals surface area contributed by atoms with Crippen LogP contribution in [-0.4, -0.2) is 44.8 Å². The van der Waals surface area contributed by atoms with Gasteiger partial charge in [-0.3, -0.25) is 4.79 Å². The van der Waals surface area contributed by atoms with Crippen molar-refractivity contribution in [2.45, 2.75) is 30.6 Å². The van der Waals surface area contributed by atoms with E-state index in [2.05, 4.69) is 0 Å². The lowest BCUT2D eigenvalue weighted by Gasteiger charge is -2.20. The van der Waals surface area contributed by atoms with Gasteiger partial charge in [-0.25, -0.2) is 13.2 Å². The second-order valence-corrected chi connectivity index (χ2v) is 8.90. The quantitative estimate of drug-likeness (QED) is 0.554. The molecule has 0 bridgehead atoms. The van der Waals surface area contributed by atoms with Crippen molar-refractivity contribution in [1.82, 2.24) is 4.31 Å². The highest BCUT2D eigenvalue weighted by Crippen LogP contribution is 2.27. The van der Waals surface area contributed by atoms with Crippen LogP contribution in [0, 0.1) is 0 Å². The van der Waals surface area contributed by atoms with E-state index in [1.807, 2.05) is 0 Å². The van der Waals surface area contributed by atoms with Gasteiger partial charge in [0.05, 0.1) is 12.0 Å². The molecule has 0 unspecified atom stereocenters. The largest absolute Gasteiger partial charge is 0.496 e. The van der Waals surface area contributed by atoms with Crippen LogP contribution >= 0.6 is 0 Å². The van der Waals surface area contributed by atoms with Crippen molar-refractivity contribution >= 4 is 21.9 Å². The lowest BCUT2D eigenvalue weighted by molar-refractivity contribution is 0.0730. The van der Waals surface area contributed by atoms with Crippen LogP contribution < -0.4 is 15.2 Å². The Morgan fingerprint density at radius 3 is 2.33 bits per heavy atom. The van der Waals surface area contributed by atoms with Gasteiger partial charge in [-0.05, 0) is 49.2 Å². The minimum absolute atomic E-state index is 0.00281. The van der Waals surface area contributed by atoms with E-state index in [-0.39, 0.29) is 27.5 Å². The number of methoxy groups -OCH3 is 1. The standard InChI is InChI=1S/C21H24N2O6S/c1-28-19-10-9-17(30(26,27)23-11-4-2-3-5-12-23)14-18(19)21(25)29-16-8-6-7-15(13-16)20(22)24/h6-10,13-14H,2-5,11-12H2,1H3,(H2,22,24). The number of rotatable bonds is 6. The van der Waals surface area contributed by atoms with Crippen molar-refractivity contribution in [2.24, 2.45) is 5.73 Å². The number of carbonyl (C=O) groups is 2. The van der Waals surface area contributed by atoms with E-state index in [9.17, 15) is 18.0 Å². The minimum atomic E-state index is -3.75. The third kappa shape index (κ3) is 4.80. The number of nitrogens with zero attached hydrogens (tertiary/aromatic N) is 1. The van der Waals surface area contributed by atoms with Crippen LogP contribution in [0.2, 0.25) is 0 Å². The van der Waals surface area contributed by atoms with Crippen LogP contribution in [0.4, 0.5) is 0 Å². The number of amides is 1. The van der Waals surface area contributed by atoms with Gasteiger partial charge >= 0.3 is 5.97 Å². The molecule has 0 atom stereocenters. The van der Waals surface area contributed by atoms with E-state index in [4.69, 9.17) is 15.2 Å². The lowest BCUT2D eigenvalue weighted by Crippen LogP contribution is -2.32. The fraction of sp³-hybridized carbons (Fsp3) is 0.333. The van der Waals surface area contributed by atoms with Crippen molar-refractivity contribution < 1.29 is 27.5 Å². The first kappa shape index (κ1) is 21.8. The minimum Gasteiger partial charge on any atom is -0.496 e. The van der Waals surface area contributed by atoms with Crippen molar-refractivity contribution in [3.63, 3.8) is 0 Å². The molecular weight excluding hydrogens is 408 g/mol. The molecule has 0 aromatic heterocycles. The van der Waals surface area contributed by atoms with Gasteiger partial charge in [-0.2, -0.15) is 4.31 Å². The van der Waals surface area contributed by atoms with Crippen LogP contribution in [0.3, 0.4) is 0 Å². The molecule has 8 nitrogen and oxygen atoms in total. The van der Waals surface area contributed by atoms with Gasteiger partial charge in [0, 0.05) is 18.7 Å². The summed E-state index contributed by atoms with van der Waals surface area (Å²) in [5, 5.41) is 0. The molecule has 160 valence electrons. The summed E-state index contributed by atoms with van der Waals surface area (Å²) in [6.45, 7) is 0.905. The van der Waals surface area contributed by atoms with Gasteiger partial charge < -0.3 is 15.2 Å². The molecule has 0 aliphatic carbocycles. The first-order chi connectivity index (χ1) is 14.3. The Labute approximate surface area is 175 Å². The van der Waals surface area contributed by atoms with E-state index >= 15 is 0 Å². The number of hydrogen-bond acceptors (Lipinski definition) is 6. The highest BCUT2D eigenvalue weighted by molar-refractivity contribution is 7.89. The van der Waals surface area contributed by atoms with Gasteiger partial charge in [-0.15, -0.1) is 0 Å². The second kappa shape index (κ2) is 9.27. The molecule has 2 N–H and O–H groups in total. The maximum Gasteiger partial charge on any atom is 0.347 e. The van der Waals surface area contributed by atoms with Gasteiger partial charge in [0.25, 0.3) is 0 Å². The number of benzene rings is 2. The Bertz CT molecular complexity index is 1040. The molecule has 3 rings (SSSR count). The third-order valence-electron chi connectivity index (χ3n) is 4.92. The summed E-state index contributed by atoms with van der Waals surface area (Å²) in [5.74, 6) is -1.17. The van der Waals surface area contributed by atoms with Crippen molar-refractivity contribution in [1.29, 1.82) is 0 Å². The molecular formula is C21H24N2O6S. The summed E-state index contributed by atoms with van der Waals surface area (Å²) in [7, 11) is -2.37. The van der Waals surface area contributed by atoms with E-state index in [1.54, 1.807) is 0 Å². The van der Waals surface area contributed by atoms with Crippen LogP contribution in [0.1, 0.15) is 46.4 Å². The van der Waals surface area contributed by atoms with Crippen LogP contribution in [0.5, 0.6) is 11.5 Å².